The molecule has 2 aromatic rings. The number of anilines is 1. The van der Waals surface area contributed by atoms with Gasteiger partial charge >= 0.3 is 0 Å². The van der Waals surface area contributed by atoms with Crippen molar-refractivity contribution in [3.8, 4) is 5.95 Å². The third-order valence-electron chi connectivity index (χ3n) is 2.57. The Hall–Kier alpha value is -2.35. The van der Waals surface area contributed by atoms with E-state index >= 15 is 0 Å². The van der Waals surface area contributed by atoms with Crippen LogP contribution in [0.25, 0.3) is 5.95 Å². The number of nitrogens with zero attached hydrogens (tertiary/aromatic N) is 5. The number of ether oxygens (including phenoxy) is 1. The van der Waals surface area contributed by atoms with Crippen LogP contribution in [0.5, 0.6) is 0 Å². The second-order valence-corrected chi connectivity index (χ2v) is 4.21. The van der Waals surface area contributed by atoms with Crippen LogP contribution in [0.3, 0.4) is 0 Å². The summed E-state index contributed by atoms with van der Waals surface area (Å²) in [4.78, 5) is 24.0. The van der Waals surface area contributed by atoms with Crippen LogP contribution in [0.2, 0.25) is 0 Å². The lowest BCUT2D eigenvalue weighted by Crippen LogP contribution is -2.39. The van der Waals surface area contributed by atoms with Gasteiger partial charge in [0.1, 0.15) is 11.9 Å². The van der Waals surface area contributed by atoms with Gasteiger partial charge in [-0.3, -0.25) is 10.1 Å². The standard InChI is InChI=1S/C11H14N6O2/c1-11(2,19-3)8(18)16-10-14-7-15-17(10)9-12-5-4-6-13-9/h4-7H,1-3H3,(H,14,15,16,18). The highest BCUT2D eigenvalue weighted by Gasteiger charge is 2.28. The second kappa shape index (κ2) is 5.11. The van der Waals surface area contributed by atoms with Gasteiger partial charge in [-0.2, -0.15) is 14.8 Å². The van der Waals surface area contributed by atoms with E-state index in [-0.39, 0.29) is 11.9 Å². The lowest BCUT2D eigenvalue weighted by molar-refractivity contribution is -0.133. The molecule has 0 fully saturated rings. The van der Waals surface area contributed by atoms with Crippen LogP contribution >= 0.6 is 0 Å². The number of rotatable bonds is 4. The average molecular weight is 262 g/mol. The SMILES string of the molecule is COC(C)(C)C(=O)Nc1ncnn1-c1ncccn1. The fourth-order valence-electron chi connectivity index (χ4n) is 1.22. The number of amides is 1. The number of carbonyl (C=O) groups excluding carboxylic acids is 1. The molecule has 0 saturated carbocycles. The summed E-state index contributed by atoms with van der Waals surface area (Å²) < 4.78 is 6.43. The first-order valence-corrected chi connectivity index (χ1v) is 5.58. The van der Waals surface area contributed by atoms with Crippen molar-refractivity contribution in [3.63, 3.8) is 0 Å². The zero-order valence-electron chi connectivity index (χ0n) is 10.9. The Morgan fingerprint density at radius 1 is 1.32 bits per heavy atom. The van der Waals surface area contributed by atoms with Crippen LogP contribution in [-0.2, 0) is 9.53 Å². The number of aromatic nitrogens is 5. The normalized spacial score (nSPS) is 11.3. The summed E-state index contributed by atoms with van der Waals surface area (Å²) in [5.74, 6) is 0.229. The minimum Gasteiger partial charge on any atom is -0.369 e. The molecule has 8 heteroatoms. The summed E-state index contributed by atoms with van der Waals surface area (Å²) in [6.45, 7) is 3.31. The topological polar surface area (TPSA) is 94.8 Å². The fraction of sp³-hybridized carbons (Fsp3) is 0.364. The van der Waals surface area contributed by atoms with Crippen molar-refractivity contribution in [3.05, 3.63) is 24.8 Å². The first kappa shape index (κ1) is 13.1. The van der Waals surface area contributed by atoms with E-state index in [1.54, 1.807) is 32.3 Å². The predicted octanol–water partition coefficient (Wildman–Crippen LogP) is 0.421. The van der Waals surface area contributed by atoms with Gasteiger partial charge in [-0.05, 0) is 19.9 Å². The van der Waals surface area contributed by atoms with Gasteiger partial charge in [0.05, 0.1) is 0 Å². The van der Waals surface area contributed by atoms with Crippen molar-refractivity contribution in [2.45, 2.75) is 19.4 Å². The van der Waals surface area contributed by atoms with Crippen molar-refractivity contribution in [1.82, 2.24) is 24.7 Å². The molecular weight excluding hydrogens is 248 g/mol. The van der Waals surface area contributed by atoms with E-state index in [0.29, 0.717) is 5.95 Å². The van der Waals surface area contributed by atoms with Crippen LogP contribution in [-0.4, -0.2) is 43.4 Å². The molecule has 0 unspecified atom stereocenters. The third kappa shape index (κ3) is 2.74. The maximum Gasteiger partial charge on any atom is 0.258 e. The first-order valence-electron chi connectivity index (χ1n) is 5.58. The molecule has 2 rings (SSSR count). The van der Waals surface area contributed by atoms with Crippen molar-refractivity contribution >= 4 is 11.9 Å². The zero-order chi connectivity index (χ0) is 13.9. The molecule has 0 saturated heterocycles. The molecule has 0 radical (unpaired) electrons. The largest absolute Gasteiger partial charge is 0.369 e. The Kier molecular flexibility index (Phi) is 3.52. The van der Waals surface area contributed by atoms with Gasteiger partial charge in [0.25, 0.3) is 11.9 Å². The van der Waals surface area contributed by atoms with E-state index in [9.17, 15) is 4.79 Å². The molecule has 0 aliphatic carbocycles. The summed E-state index contributed by atoms with van der Waals surface area (Å²) in [7, 11) is 1.46. The van der Waals surface area contributed by atoms with E-state index in [2.05, 4.69) is 25.4 Å². The number of hydrogen-bond donors (Lipinski definition) is 1. The number of methoxy groups -OCH3 is 1. The van der Waals surface area contributed by atoms with Gasteiger partial charge in [0, 0.05) is 19.5 Å². The highest BCUT2D eigenvalue weighted by atomic mass is 16.5. The Labute approximate surface area is 109 Å². The molecule has 2 aromatic heterocycles. The smallest absolute Gasteiger partial charge is 0.258 e. The van der Waals surface area contributed by atoms with E-state index < -0.39 is 5.60 Å². The Bertz CT molecular complexity index is 566. The van der Waals surface area contributed by atoms with Gasteiger partial charge in [-0.25, -0.2) is 9.97 Å². The third-order valence-corrected chi connectivity index (χ3v) is 2.57. The van der Waals surface area contributed by atoms with Crippen molar-refractivity contribution < 1.29 is 9.53 Å². The van der Waals surface area contributed by atoms with Crippen molar-refractivity contribution in [2.24, 2.45) is 0 Å². The minimum absolute atomic E-state index is 0.237. The molecule has 0 bridgehead atoms. The molecule has 1 N–H and O–H groups in total. The molecule has 8 nitrogen and oxygen atoms in total. The lowest BCUT2D eigenvalue weighted by Gasteiger charge is -2.21. The molecule has 100 valence electrons. The summed E-state index contributed by atoms with van der Waals surface area (Å²) in [5, 5.41) is 6.60. The predicted molar refractivity (Wildman–Crippen MR) is 66.7 cm³/mol. The Morgan fingerprint density at radius 2 is 2.00 bits per heavy atom. The molecule has 0 aliphatic heterocycles. The van der Waals surface area contributed by atoms with Gasteiger partial charge < -0.3 is 4.74 Å². The van der Waals surface area contributed by atoms with Crippen LogP contribution < -0.4 is 5.32 Å². The van der Waals surface area contributed by atoms with Crippen LogP contribution in [0.15, 0.2) is 24.8 Å². The first-order chi connectivity index (χ1) is 9.04. The maximum absolute atomic E-state index is 12.0. The van der Waals surface area contributed by atoms with E-state index in [4.69, 9.17) is 4.74 Å². The summed E-state index contributed by atoms with van der Waals surface area (Å²) in [5.41, 5.74) is -0.964. The van der Waals surface area contributed by atoms with E-state index in [0.717, 1.165) is 0 Å². The summed E-state index contributed by atoms with van der Waals surface area (Å²) in [6, 6.07) is 1.69. The monoisotopic (exact) mass is 262 g/mol. The molecule has 0 spiro atoms. The quantitative estimate of drug-likeness (QED) is 0.858. The van der Waals surface area contributed by atoms with E-state index in [1.165, 1.54) is 18.1 Å². The van der Waals surface area contributed by atoms with Crippen molar-refractivity contribution in [2.75, 3.05) is 12.4 Å². The molecule has 19 heavy (non-hydrogen) atoms. The highest BCUT2D eigenvalue weighted by Crippen LogP contribution is 2.13. The van der Waals surface area contributed by atoms with Crippen molar-refractivity contribution in [1.29, 1.82) is 0 Å². The number of nitrogens with one attached hydrogen (secondary N) is 1. The van der Waals surface area contributed by atoms with Gasteiger partial charge in [-0.15, -0.1) is 0 Å². The van der Waals surface area contributed by atoms with Crippen LogP contribution in [0, 0.1) is 0 Å². The number of carbonyl (C=O) groups is 1. The molecular formula is C11H14N6O2. The molecule has 0 aromatic carbocycles. The number of hydrogen-bond acceptors (Lipinski definition) is 6. The highest BCUT2D eigenvalue weighted by molar-refractivity contribution is 5.95. The van der Waals surface area contributed by atoms with Gasteiger partial charge in [-0.1, -0.05) is 0 Å². The van der Waals surface area contributed by atoms with Gasteiger partial charge in [0.15, 0.2) is 0 Å². The Balaban J connectivity index is 2.24. The van der Waals surface area contributed by atoms with Crippen LogP contribution in [0.4, 0.5) is 5.95 Å². The fourth-order valence-corrected chi connectivity index (χ4v) is 1.22. The molecule has 2 heterocycles. The maximum atomic E-state index is 12.0. The van der Waals surface area contributed by atoms with Crippen LogP contribution in [0.1, 0.15) is 13.8 Å². The minimum atomic E-state index is -0.964. The lowest BCUT2D eigenvalue weighted by atomic mass is 10.1. The van der Waals surface area contributed by atoms with Gasteiger partial charge in [0.2, 0.25) is 5.95 Å². The summed E-state index contributed by atoms with van der Waals surface area (Å²) >= 11 is 0. The Morgan fingerprint density at radius 3 is 2.63 bits per heavy atom. The molecule has 0 aliphatic rings. The zero-order valence-corrected chi connectivity index (χ0v) is 10.9. The summed E-state index contributed by atoms with van der Waals surface area (Å²) in [6.07, 6.45) is 4.47. The van der Waals surface area contributed by atoms with E-state index in [1.807, 2.05) is 0 Å². The second-order valence-electron chi connectivity index (χ2n) is 4.21. The molecule has 1 amide bonds. The average Bonchev–Trinajstić information content (AvgIpc) is 2.88. The molecule has 0 atom stereocenters.